The number of hydrogen-bond donors (Lipinski definition) is 0. The molecule has 6 nitrogen and oxygen atoms in total. The van der Waals surface area contributed by atoms with Crippen molar-refractivity contribution >= 4 is 19.9 Å². The van der Waals surface area contributed by atoms with Crippen molar-refractivity contribution in [2.45, 2.75) is 29.7 Å². The van der Waals surface area contributed by atoms with E-state index in [2.05, 4.69) is 18.7 Å². The minimum atomic E-state index is -3.65. The molecular formula is C14H22N2O4S2. The minimum absolute atomic E-state index is 0.0226. The molecule has 0 unspecified atom stereocenters. The summed E-state index contributed by atoms with van der Waals surface area (Å²) in [5, 5.41) is 0. The molecule has 1 heterocycles. The maximum atomic E-state index is 12.7. The van der Waals surface area contributed by atoms with Crippen LogP contribution in [-0.4, -0.2) is 64.5 Å². The van der Waals surface area contributed by atoms with Crippen molar-refractivity contribution in [3.8, 4) is 0 Å². The minimum Gasteiger partial charge on any atom is -0.298 e. The second kappa shape index (κ2) is 6.27. The topological polar surface area (TPSA) is 74.8 Å². The fourth-order valence-electron chi connectivity index (χ4n) is 2.47. The highest BCUT2D eigenvalue weighted by atomic mass is 32.2. The lowest BCUT2D eigenvalue weighted by molar-refractivity contribution is 0.154. The number of hydrogen-bond acceptors (Lipinski definition) is 5. The summed E-state index contributed by atoms with van der Waals surface area (Å²) in [7, 11) is -7.08. The standard InChI is InChI=1S/C14H22N2O4S2/c1-12(2)15-7-9-16(10-8-15)22(19,20)14-6-4-5-13(11-14)21(3,17)18/h4-6,11-12H,7-10H2,1-3H3. The summed E-state index contributed by atoms with van der Waals surface area (Å²) in [6.45, 7) is 6.37. The molecule has 8 heteroatoms. The van der Waals surface area contributed by atoms with Gasteiger partial charge in [-0.1, -0.05) is 6.07 Å². The van der Waals surface area contributed by atoms with Crippen molar-refractivity contribution in [2.75, 3.05) is 32.4 Å². The Balaban J connectivity index is 2.25. The van der Waals surface area contributed by atoms with Crippen LogP contribution in [0.1, 0.15) is 13.8 Å². The highest BCUT2D eigenvalue weighted by molar-refractivity contribution is 7.91. The lowest BCUT2D eigenvalue weighted by Crippen LogP contribution is -2.50. The average molecular weight is 346 g/mol. The van der Waals surface area contributed by atoms with Crippen molar-refractivity contribution in [1.82, 2.24) is 9.21 Å². The van der Waals surface area contributed by atoms with Gasteiger partial charge in [0.2, 0.25) is 10.0 Å². The Hall–Kier alpha value is -0.960. The highest BCUT2D eigenvalue weighted by Gasteiger charge is 2.29. The van der Waals surface area contributed by atoms with Gasteiger partial charge in [0, 0.05) is 38.5 Å². The molecular weight excluding hydrogens is 324 g/mol. The Morgan fingerprint density at radius 3 is 2.00 bits per heavy atom. The lowest BCUT2D eigenvalue weighted by Gasteiger charge is -2.36. The van der Waals surface area contributed by atoms with Gasteiger partial charge in [-0.15, -0.1) is 0 Å². The highest BCUT2D eigenvalue weighted by Crippen LogP contribution is 2.21. The summed E-state index contributed by atoms with van der Waals surface area (Å²) in [6, 6.07) is 5.94. The Morgan fingerprint density at radius 1 is 0.955 bits per heavy atom. The molecule has 0 aliphatic carbocycles. The van der Waals surface area contributed by atoms with Crippen molar-refractivity contribution in [1.29, 1.82) is 0 Å². The molecule has 2 rings (SSSR count). The van der Waals surface area contributed by atoms with Crippen LogP contribution in [-0.2, 0) is 19.9 Å². The third-order valence-electron chi connectivity index (χ3n) is 3.87. The van der Waals surface area contributed by atoms with Crippen LogP contribution in [0.5, 0.6) is 0 Å². The molecule has 0 saturated carbocycles. The van der Waals surface area contributed by atoms with Crippen molar-refractivity contribution in [3.05, 3.63) is 24.3 Å². The van der Waals surface area contributed by atoms with Crippen LogP contribution >= 0.6 is 0 Å². The van der Waals surface area contributed by atoms with Crippen molar-refractivity contribution in [2.24, 2.45) is 0 Å². The Morgan fingerprint density at radius 2 is 1.50 bits per heavy atom. The van der Waals surface area contributed by atoms with E-state index < -0.39 is 19.9 Å². The van der Waals surface area contributed by atoms with E-state index in [1.807, 2.05) is 0 Å². The first-order chi connectivity index (χ1) is 10.1. The molecule has 0 aromatic heterocycles. The van der Waals surface area contributed by atoms with Crippen LogP contribution in [0.25, 0.3) is 0 Å². The number of sulfonamides is 1. The normalized spacial score (nSPS) is 18.7. The molecule has 124 valence electrons. The van der Waals surface area contributed by atoms with Gasteiger partial charge in [0.15, 0.2) is 9.84 Å². The van der Waals surface area contributed by atoms with E-state index in [0.29, 0.717) is 32.2 Å². The number of nitrogens with zero attached hydrogens (tertiary/aromatic N) is 2. The predicted octanol–water partition coefficient (Wildman–Crippen LogP) is 0.805. The molecule has 0 radical (unpaired) electrons. The molecule has 22 heavy (non-hydrogen) atoms. The first kappa shape index (κ1) is 17.4. The molecule has 1 aromatic carbocycles. The second-order valence-corrected chi connectivity index (χ2v) is 9.73. The van der Waals surface area contributed by atoms with Gasteiger partial charge in [-0.25, -0.2) is 16.8 Å². The first-order valence-corrected chi connectivity index (χ1v) is 10.5. The Bertz CT molecular complexity index is 734. The maximum absolute atomic E-state index is 12.7. The molecule has 1 saturated heterocycles. The van der Waals surface area contributed by atoms with E-state index in [0.717, 1.165) is 6.26 Å². The van der Waals surface area contributed by atoms with Gasteiger partial charge in [-0.3, -0.25) is 4.90 Å². The summed E-state index contributed by atoms with van der Waals surface area (Å²) in [4.78, 5) is 2.28. The number of piperazine rings is 1. The number of sulfone groups is 1. The molecule has 1 aromatic rings. The maximum Gasteiger partial charge on any atom is 0.243 e. The molecule has 0 spiro atoms. The van der Waals surface area contributed by atoms with Gasteiger partial charge in [0.05, 0.1) is 9.79 Å². The smallest absolute Gasteiger partial charge is 0.243 e. The van der Waals surface area contributed by atoms with E-state index in [1.165, 1.54) is 28.6 Å². The summed E-state index contributed by atoms with van der Waals surface area (Å²) in [6.07, 6.45) is 1.07. The first-order valence-electron chi connectivity index (χ1n) is 7.16. The zero-order valence-corrected chi connectivity index (χ0v) is 14.7. The molecule has 1 aliphatic heterocycles. The molecule has 1 aliphatic rings. The summed E-state index contributed by atoms with van der Waals surface area (Å²) >= 11 is 0. The van der Waals surface area contributed by atoms with E-state index >= 15 is 0 Å². The Labute approximate surface area is 132 Å². The molecule has 0 amide bonds. The molecule has 0 N–H and O–H groups in total. The average Bonchev–Trinajstić information content (AvgIpc) is 2.46. The molecule has 0 bridgehead atoms. The van der Waals surface area contributed by atoms with Gasteiger partial charge in [-0.2, -0.15) is 4.31 Å². The third-order valence-corrected chi connectivity index (χ3v) is 6.88. The fraction of sp³-hybridized carbons (Fsp3) is 0.571. The van der Waals surface area contributed by atoms with E-state index in [4.69, 9.17) is 0 Å². The van der Waals surface area contributed by atoms with Gasteiger partial charge in [-0.05, 0) is 32.0 Å². The van der Waals surface area contributed by atoms with Crippen LogP contribution in [0.2, 0.25) is 0 Å². The zero-order chi connectivity index (χ0) is 16.5. The number of benzene rings is 1. The van der Waals surface area contributed by atoms with Gasteiger partial charge in [0.25, 0.3) is 0 Å². The van der Waals surface area contributed by atoms with E-state index in [9.17, 15) is 16.8 Å². The van der Waals surface area contributed by atoms with Gasteiger partial charge >= 0.3 is 0 Å². The summed E-state index contributed by atoms with van der Waals surface area (Å²) < 4.78 is 49.9. The molecule has 0 atom stereocenters. The molecule has 1 fully saturated rings. The van der Waals surface area contributed by atoms with Gasteiger partial charge in [0.1, 0.15) is 0 Å². The van der Waals surface area contributed by atoms with E-state index in [-0.39, 0.29) is 9.79 Å². The van der Waals surface area contributed by atoms with E-state index in [1.54, 1.807) is 0 Å². The van der Waals surface area contributed by atoms with Crippen LogP contribution in [0.3, 0.4) is 0 Å². The second-order valence-electron chi connectivity index (χ2n) is 5.78. The van der Waals surface area contributed by atoms with Crippen molar-refractivity contribution < 1.29 is 16.8 Å². The lowest BCUT2D eigenvalue weighted by atomic mass is 10.3. The number of rotatable bonds is 4. The summed E-state index contributed by atoms with van der Waals surface area (Å²) in [5.74, 6) is 0. The van der Waals surface area contributed by atoms with Crippen LogP contribution in [0.15, 0.2) is 34.1 Å². The predicted molar refractivity (Wildman–Crippen MR) is 85.0 cm³/mol. The van der Waals surface area contributed by atoms with Crippen molar-refractivity contribution in [3.63, 3.8) is 0 Å². The SMILES string of the molecule is CC(C)N1CCN(S(=O)(=O)c2cccc(S(C)(=O)=O)c2)CC1. The monoisotopic (exact) mass is 346 g/mol. The third kappa shape index (κ3) is 3.68. The van der Waals surface area contributed by atoms with Gasteiger partial charge < -0.3 is 0 Å². The Kier molecular flexibility index (Phi) is 4.96. The van der Waals surface area contributed by atoms with Crippen LogP contribution < -0.4 is 0 Å². The van der Waals surface area contributed by atoms with Crippen LogP contribution in [0.4, 0.5) is 0 Å². The fourth-order valence-corrected chi connectivity index (χ4v) is 4.68. The zero-order valence-electron chi connectivity index (χ0n) is 13.1. The summed E-state index contributed by atoms with van der Waals surface area (Å²) in [5.41, 5.74) is 0. The largest absolute Gasteiger partial charge is 0.298 e. The quantitative estimate of drug-likeness (QED) is 0.806. The van der Waals surface area contributed by atoms with Crippen LogP contribution in [0, 0.1) is 0 Å².